The lowest BCUT2D eigenvalue weighted by Crippen LogP contribution is -2.23. The third kappa shape index (κ3) is 3.30. The molecular weight excluding hydrogens is 354 g/mol. The second kappa shape index (κ2) is 7.49. The van der Waals surface area contributed by atoms with Crippen LogP contribution < -0.4 is 14.8 Å². The number of benzene rings is 2. The van der Waals surface area contributed by atoms with Gasteiger partial charge in [0.05, 0.1) is 0 Å². The predicted octanol–water partition coefficient (Wildman–Crippen LogP) is 3.68. The Morgan fingerprint density at radius 1 is 1.29 bits per heavy atom. The molecule has 2 aromatic carbocycles. The number of aryl methyl sites for hydroxylation is 1. The standard InChI is InChI=1S/C22H19N3O3/c1-2-15-4-3-5-18-17(12-24-21(15)18)9-16(10-23)22(26)25-11-14-6-7-19-20(8-14)28-13-27-19/h3-9,12,24H,2,11,13H2,1H3,(H,25,26)/b16-9+. The van der Waals surface area contributed by atoms with Crippen LogP contribution >= 0.6 is 0 Å². The first kappa shape index (κ1) is 17.7. The number of hydrogen-bond donors (Lipinski definition) is 2. The van der Waals surface area contributed by atoms with Crippen LogP contribution in [-0.2, 0) is 17.8 Å². The highest BCUT2D eigenvalue weighted by atomic mass is 16.7. The van der Waals surface area contributed by atoms with Crippen LogP contribution in [0.5, 0.6) is 11.5 Å². The fourth-order valence-electron chi connectivity index (χ4n) is 3.29. The molecular formula is C22H19N3O3. The fourth-order valence-corrected chi connectivity index (χ4v) is 3.29. The molecule has 6 heteroatoms. The van der Waals surface area contributed by atoms with E-state index >= 15 is 0 Å². The number of carbonyl (C=O) groups is 1. The van der Waals surface area contributed by atoms with Gasteiger partial charge in [0.15, 0.2) is 11.5 Å². The van der Waals surface area contributed by atoms with Crippen molar-refractivity contribution in [1.29, 1.82) is 5.26 Å². The smallest absolute Gasteiger partial charge is 0.262 e. The molecule has 1 aliphatic rings. The van der Waals surface area contributed by atoms with Crippen LogP contribution in [0.3, 0.4) is 0 Å². The minimum Gasteiger partial charge on any atom is -0.454 e. The monoisotopic (exact) mass is 373 g/mol. The van der Waals surface area contributed by atoms with Crippen molar-refractivity contribution in [1.82, 2.24) is 10.3 Å². The Bertz CT molecular complexity index is 1120. The minimum absolute atomic E-state index is 0.0588. The Labute approximate surface area is 162 Å². The van der Waals surface area contributed by atoms with Gasteiger partial charge in [-0.05, 0) is 35.8 Å². The van der Waals surface area contributed by atoms with Crippen molar-refractivity contribution in [2.45, 2.75) is 19.9 Å². The molecule has 0 saturated heterocycles. The van der Waals surface area contributed by atoms with Gasteiger partial charge in [0.25, 0.3) is 5.91 Å². The normalized spacial score (nSPS) is 12.8. The third-order valence-electron chi connectivity index (χ3n) is 4.77. The maximum Gasteiger partial charge on any atom is 0.262 e. The number of nitriles is 1. The molecule has 4 rings (SSSR count). The summed E-state index contributed by atoms with van der Waals surface area (Å²) in [6.07, 6.45) is 4.35. The number of nitrogens with one attached hydrogen (secondary N) is 2. The SMILES string of the molecule is CCc1cccc2c(/C=C(\C#N)C(=O)NCc3ccc4c(c3)OCO4)c[nH]c12. The van der Waals surface area contributed by atoms with E-state index in [1.165, 1.54) is 5.56 Å². The highest BCUT2D eigenvalue weighted by Gasteiger charge is 2.15. The lowest BCUT2D eigenvalue weighted by Gasteiger charge is -2.06. The summed E-state index contributed by atoms with van der Waals surface area (Å²) in [5.41, 5.74) is 3.98. The van der Waals surface area contributed by atoms with Gasteiger partial charge in [0, 0.05) is 29.2 Å². The van der Waals surface area contributed by atoms with Gasteiger partial charge in [0.1, 0.15) is 11.6 Å². The molecule has 0 unspecified atom stereocenters. The van der Waals surface area contributed by atoms with Gasteiger partial charge >= 0.3 is 0 Å². The van der Waals surface area contributed by atoms with Gasteiger partial charge in [0.2, 0.25) is 6.79 Å². The van der Waals surface area contributed by atoms with Crippen LogP contribution in [0, 0.1) is 11.3 Å². The number of fused-ring (bicyclic) bond motifs is 2. The van der Waals surface area contributed by atoms with E-state index in [1.54, 1.807) is 6.08 Å². The maximum absolute atomic E-state index is 12.5. The van der Waals surface area contributed by atoms with Crippen molar-refractivity contribution in [3.63, 3.8) is 0 Å². The highest BCUT2D eigenvalue weighted by molar-refractivity contribution is 6.04. The number of hydrogen-bond acceptors (Lipinski definition) is 4. The molecule has 0 bridgehead atoms. The number of aromatic amines is 1. The summed E-state index contributed by atoms with van der Waals surface area (Å²) in [5.74, 6) is 0.938. The average Bonchev–Trinajstić information content (AvgIpc) is 3.36. The second-order valence-electron chi connectivity index (χ2n) is 6.48. The molecule has 2 N–H and O–H groups in total. The van der Waals surface area contributed by atoms with Gasteiger partial charge in [-0.15, -0.1) is 0 Å². The second-order valence-corrected chi connectivity index (χ2v) is 6.48. The largest absolute Gasteiger partial charge is 0.454 e. The predicted molar refractivity (Wildman–Crippen MR) is 106 cm³/mol. The van der Waals surface area contributed by atoms with Gasteiger partial charge in [-0.3, -0.25) is 4.79 Å². The number of ether oxygens (including phenoxy) is 2. The molecule has 2 heterocycles. The van der Waals surface area contributed by atoms with E-state index in [2.05, 4.69) is 23.3 Å². The average molecular weight is 373 g/mol. The van der Waals surface area contributed by atoms with Crippen LogP contribution in [0.25, 0.3) is 17.0 Å². The Morgan fingerprint density at radius 2 is 2.14 bits per heavy atom. The maximum atomic E-state index is 12.5. The summed E-state index contributed by atoms with van der Waals surface area (Å²) >= 11 is 0. The van der Waals surface area contributed by atoms with E-state index in [4.69, 9.17) is 9.47 Å². The third-order valence-corrected chi connectivity index (χ3v) is 4.77. The summed E-state index contributed by atoms with van der Waals surface area (Å²) in [6.45, 7) is 2.59. The zero-order valence-electron chi connectivity index (χ0n) is 15.4. The first-order valence-corrected chi connectivity index (χ1v) is 9.07. The summed E-state index contributed by atoms with van der Waals surface area (Å²) in [6, 6.07) is 13.5. The molecule has 0 atom stereocenters. The Morgan fingerprint density at radius 3 is 2.96 bits per heavy atom. The van der Waals surface area contributed by atoms with E-state index in [0.29, 0.717) is 18.0 Å². The van der Waals surface area contributed by atoms with Crippen LogP contribution in [0.15, 0.2) is 48.2 Å². The molecule has 0 saturated carbocycles. The quantitative estimate of drug-likeness (QED) is 0.527. The van der Waals surface area contributed by atoms with Gasteiger partial charge in [-0.2, -0.15) is 5.26 Å². The van der Waals surface area contributed by atoms with Crippen molar-refractivity contribution in [3.05, 3.63) is 64.9 Å². The number of carbonyl (C=O) groups excluding carboxylic acids is 1. The molecule has 3 aromatic rings. The fraction of sp³-hybridized carbons (Fsp3) is 0.182. The van der Waals surface area contributed by atoms with Crippen LogP contribution in [0.1, 0.15) is 23.6 Å². The lowest BCUT2D eigenvalue weighted by molar-refractivity contribution is -0.117. The minimum atomic E-state index is -0.416. The number of aromatic nitrogens is 1. The topological polar surface area (TPSA) is 87.1 Å². The van der Waals surface area contributed by atoms with Crippen molar-refractivity contribution in [2.75, 3.05) is 6.79 Å². The highest BCUT2D eigenvalue weighted by Crippen LogP contribution is 2.32. The van der Waals surface area contributed by atoms with Crippen molar-refractivity contribution >= 4 is 22.9 Å². The van der Waals surface area contributed by atoms with Gasteiger partial charge < -0.3 is 19.8 Å². The van der Waals surface area contributed by atoms with E-state index in [0.717, 1.165) is 28.5 Å². The molecule has 0 radical (unpaired) electrons. The number of nitrogens with zero attached hydrogens (tertiary/aromatic N) is 1. The first-order valence-electron chi connectivity index (χ1n) is 9.07. The molecule has 0 fully saturated rings. The van der Waals surface area contributed by atoms with Gasteiger partial charge in [-0.25, -0.2) is 0 Å². The first-order chi connectivity index (χ1) is 13.7. The molecule has 0 spiro atoms. The molecule has 0 aliphatic carbocycles. The Kier molecular flexibility index (Phi) is 4.73. The van der Waals surface area contributed by atoms with E-state index in [1.807, 2.05) is 42.6 Å². The summed E-state index contributed by atoms with van der Waals surface area (Å²) in [7, 11) is 0. The summed E-state index contributed by atoms with van der Waals surface area (Å²) in [4.78, 5) is 15.7. The van der Waals surface area contributed by atoms with Crippen molar-refractivity contribution < 1.29 is 14.3 Å². The lowest BCUT2D eigenvalue weighted by atomic mass is 10.1. The molecule has 6 nitrogen and oxygen atoms in total. The zero-order chi connectivity index (χ0) is 19.5. The molecule has 28 heavy (non-hydrogen) atoms. The van der Waals surface area contributed by atoms with E-state index in [-0.39, 0.29) is 12.4 Å². The van der Waals surface area contributed by atoms with Gasteiger partial charge in [-0.1, -0.05) is 31.2 Å². The summed E-state index contributed by atoms with van der Waals surface area (Å²) < 4.78 is 10.6. The molecule has 140 valence electrons. The van der Waals surface area contributed by atoms with E-state index < -0.39 is 5.91 Å². The van der Waals surface area contributed by atoms with Crippen molar-refractivity contribution in [3.8, 4) is 17.6 Å². The number of rotatable bonds is 5. The number of amides is 1. The Balaban J connectivity index is 1.52. The summed E-state index contributed by atoms with van der Waals surface area (Å²) in [5, 5.41) is 13.3. The van der Waals surface area contributed by atoms with Crippen LogP contribution in [-0.4, -0.2) is 17.7 Å². The zero-order valence-corrected chi connectivity index (χ0v) is 15.4. The number of para-hydroxylation sites is 1. The Hall–Kier alpha value is -3.72. The van der Waals surface area contributed by atoms with Crippen LogP contribution in [0.2, 0.25) is 0 Å². The molecule has 1 amide bonds. The van der Waals surface area contributed by atoms with E-state index in [9.17, 15) is 10.1 Å². The number of H-pyrrole nitrogens is 1. The molecule has 1 aliphatic heterocycles. The van der Waals surface area contributed by atoms with Crippen LogP contribution in [0.4, 0.5) is 0 Å². The molecule has 1 aromatic heterocycles. The van der Waals surface area contributed by atoms with Crippen molar-refractivity contribution in [2.24, 2.45) is 0 Å².